The summed E-state index contributed by atoms with van der Waals surface area (Å²) in [6, 6.07) is 10.0. The highest BCUT2D eigenvalue weighted by atomic mass is 19.1. The second-order valence-electron chi connectivity index (χ2n) is 9.42. The van der Waals surface area contributed by atoms with E-state index in [1.807, 2.05) is 30.5 Å². The molecule has 0 bridgehead atoms. The Hall–Kier alpha value is -5.12. The van der Waals surface area contributed by atoms with Crippen LogP contribution in [0.15, 0.2) is 79.9 Å². The molecule has 0 aliphatic carbocycles. The van der Waals surface area contributed by atoms with Crippen molar-refractivity contribution in [2.45, 2.75) is 13.0 Å². The summed E-state index contributed by atoms with van der Waals surface area (Å²) >= 11 is 0. The Labute approximate surface area is 220 Å². The summed E-state index contributed by atoms with van der Waals surface area (Å²) in [5.74, 6) is -1.38. The third-order valence-electron chi connectivity index (χ3n) is 7.01. The molecule has 0 saturated heterocycles. The van der Waals surface area contributed by atoms with Crippen LogP contribution in [0.2, 0.25) is 0 Å². The van der Waals surface area contributed by atoms with Crippen molar-refractivity contribution in [3.05, 3.63) is 97.1 Å². The fraction of sp³-hybridized carbons (Fsp3) is 0.103. The number of benzene rings is 2. The molecule has 0 spiro atoms. The van der Waals surface area contributed by atoms with Crippen molar-refractivity contribution in [2.24, 2.45) is 7.05 Å². The predicted octanol–water partition coefficient (Wildman–Crippen LogP) is 5.88. The van der Waals surface area contributed by atoms with Gasteiger partial charge in [-0.15, -0.1) is 0 Å². The first kappa shape index (κ1) is 23.0. The number of nitrogens with zero attached hydrogens (tertiary/aromatic N) is 8. The fourth-order valence-electron chi connectivity index (χ4n) is 5.01. The Kier molecular flexibility index (Phi) is 5.15. The largest absolute Gasteiger partial charge is 0.306 e. The molecule has 0 aliphatic heterocycles. The average molecular weight is 519 g/mol. The summed E-state index contributed by atoms with van der Waals surface area (Å²) in [4.78, 5) is 22.3. The highest BCUT2D eigenvalue weighted by molar-refractivity contribution is 5.95. The maximum absolute atomic E-state index is 16.0. The van der Waals surface area contributed by atoms with E-state index >= 15 is 8.78 Å². The minimum atomic E-state index is -0.767. The van der Waals surface area contributed by atoms with E-state index in [1.54, 1.807) is 60.3 Å². The van der Waals surface area contributed by atoms with E-state index in [9.17, 15) is 0 Å². The molecule has 1 unspecified atom stereocenters. The van der Waals surface area contributed by atoms with E-state index in [4.69, 9.17) is 4.98 Å². The van der Waals surface area contributed by atoms with Gasteiger partial charge >= 0.3 is 0 Å². The second kappa shape index (κ2) is 8.73. The lowest BCUT2D eigenvalue weighted by Gasteiger charge is -2.17. The summed E-state index contributed by atoms with van der Waals surface area (Å²) in [6.07, 6.45) is 11.7. The van der Waals surface area contributed by atoms with Crippen LogP contribution < -0.4 is 0 Å². The van der Waals surface area contributed by atoms with Crippen LogP contribution in [0.5, 0.6) is 0 Å². The molecule has 0 aliphatic rings. The first-order valence-electron chi connectivity index (χ1n) is 12.3. The summed E-state index contributed by atoms with van der Waals surface area (Å²) in [5.41, 5.74) is 3.78. The van der Waals surface area contributed by atoms with Crippen LogP contribution in [0.25, 0.3) is 55.4 Å². The van der Waals surface area contributed by atoms with Gasteiger partial charge in [-0.25, -0.2) is 23.7 Å². The van der Waals surface area contributed by atoms with Crippen molar-refractivity contribution in [3.63, 3.8) is 0 Å². The lowest BCUT2D eigenvalue weighted by Crippen LogP contribution is -2.11. The number of aromatic nitrogens is 8. The Bertz CT molecular complexity index is 2040. The fourth-order valence-corrected chi connectivity index (χ4v) is 5.01. The highest BCUT2D eigenvalue weighted by Gasteiger charge is 2.24. The van der Waals surface area contributed by atoms with E-state index < -0.39 is 17.7 Å². The summed E-state index contributed by atoms with van der Waals surface area (Å²) in [7, 11) is 1.80. The monoisotopic (exact) mass is 518 g/mol. The van der Waals surface area contributed by atoms with Gasteiger partial charge in [-0.1, -0.05) is 24.3 Å². The molecule has 7 rings (SSSR count). The molecule has 1 atom stereocenters. The maximum atomic E-state index is 16.0. The second-order valence-corrected chi connectivity index (χ2v) is 9.42. The number of imidazole rings is 1. The Balaban J connectivity index is 1.36. The number of hydrogen-bond donors (Lipinski definition) is 0. The third kappa shape index (κ3) is 3.71. The molecule has 7 aromatic rings. The predicted molar refractivity (Wildman–Crippen MR) is 144 cm³/mol. The smallest absolute Gasteiger partial charge is 0.197 e. The topological polar surface area (TPSA) is 87.2 Å². The quantitative estimate of drug-likeness (QED) is 0.289. The molecular formula is C29H20F2N8. The van der Waals surface area contributed by atoms with Gasteiger partial charge in [0, 0.05) is 70.9 Å². The van der Waals surface area contributed by atoms with Crippen LogP contribution in [0.4, 0.5) is 8.78 Å². The Morgan fingerprint density at radius 3 is 2.59 bits per heavy atom. The lowest BCUT2D eigenvalue weighted by atomic mass is 10.0. The summed E-state index contributed by atoms with van der Waals surface area (Å²) in [5, 5.41) is 6.34. The zero-order valence-electron chi connectivity index (χ0n) is 20.9. The number of fused-ring (bicyclic) bond motifs is 3. The molecule has 0 amide bonds. The van der Waals surface area contributed by atoms with Crippen LogP contribution in [-0.4, -0.2) is 39.3 Å². The van der Waals surface area contributed by atoms with Crippen LogP contribution in [0, 0.1) is 11.6 Å². The zero-order chi connectivity index (χ0) is 26.7. The van der Waals surface area contributed by atoms with Gasteiger partial charge in [0.25, 0.3) is 0 Å². The van der Waals surface area contributed by atoms with Gasteiger partial charge in [-0.05, 0) is 18.4 Å². The van der Waals surface area contributed by atoms with Crippen LogP contribution in [0.3, 0.4) is 0 Å². The number of aryl methyl sites for hydroxylation is 1. The van der Waals surface area contributed by atoms with Gasteiger partial charge in [-0.3, -0.25) is 14.6 Å². The van der Waals surface area contributed by atoms with Gasteiger partial charge in [0.2, 0.25) is 0 Å². The van der Waals surface area contributed by atoms with E-state index in [2.05, 4.69) is 25.0 Å². The number of halogens is 2. The standard InChI is InChI=1S/C29H20F2N8/c1-16(26-23(30)8-24-21(27(26)31)7-18(10-33-24)19-11-36-38(2)14-19)39-15-35-28-29(39)37-25(13-34-28)22-12-32-9-17-5-3-4-6-20(17)22/h3-16H,1-2H3. The van der Waals surface area contributed by atoms with Crippen LogP contribution >= 0.6 is 0 Å². The van der Waals surface area contributed by atoms with E-state index in [0.29, 0.717) is 22.6 Å². The van der Waals surface area contributed by atoms with Crippen LogP contribution in [0.1, 0.15) is 18.5 Å². The van der Waals surface area contributed by atoms with E-state index in [-0.39, 0.29) is 16.5 Å². The molecule has 39 heavy (non-hydrogen) atoms. The van der Waals surface area contributed by atoms with E-state index in [0.717, 1.165) is 21.9 Å². The van der Waals surface area contributed by atoms with Crippen molar-refractivity contribution in [1.29, 1.82) is 0 Å². The molecule has 2 aromatic carbocycles. The highest BCUT2D eigenvalue weighted by Crippen LogP contribution is 2.33. The normalized spacial score (nSPS) is 12.5. The molecule has 5 heterocycles. The van der Waals surface area contributed by atoms with Gasteiger partial charge in [0.15, 0.2) is 11.3 Å². The van der Waals surface area contributed by atoms with Gasteiger partial charge in [-0.2, -0.15) is 5.10 Å². The number of pyridine rings is 2. The maximum Gasteiger partial charge on any atom is 0.197 e. The minimum Gasteiger partial charge on any atom is -0.306 e. The molecule has 0 N–H and O–H groups in total. The first-order chi connectivity index (χ1) is 19.0. The van der Waals surface area contributed by atoms with Crippen molar-refractivity contribution in [1.82, 2.24) is 39.3 Å². The lowest BCUT2D eigenvalue weighted by molar-refractivity contribution is 0.517. The molecule has 190 valence electrons. The SMILES string of the molecule is CC(c1c(F)cc2ncc(-c3cnn(C)c3)cc2c1F)n1cnc2ncc(-c3cncc4ccccc34)nc21. The zero-order valence-corrected chi connectivity index (χ0v) is 20.9. The molecule has 0 saturated carbocycles. The van der Waals surface area contributed by atoms with Crippen molar-refractivity contribution >= 4 is 33.0 Å². The number of rotatable bonds is 4. The molecule has 0 fully saturated rings. The van der Waals surface area contributed by atoms with Crippen molar-refractivity contribution in [2.75, 3.05) is 0 Å². The molecular weight excluding hydrogens is 498 g/mol. The van der Waals surface area contributed by atoms with Gasteiger partial charge < -0.3 is 4.57 Å². The average Bonchev–Trinajstić information content (AvgIpc) is 3.58. The number of hydrogen-bond acceptors (Lipinski definition) is 6. The van der Waals surface area contributed by atoms with Gasteiger partial charge in [0.05, 0.1) is 36.0 Å². The summed E-state index contributed by atoms with van der Waals surface area (Å²) in [6.45, 7) is 1.71. The molecule has 8 nitrogen and oxygen atoms in total. The minimum absolute atomic E-state index is 0.106. The van der Waals surface area contributed by atoms with E-state index in [1.165, 1.54) is 12.4 Å². The van der Waals surface area contributed by atoms with Gasteiger partial charge in [0.1, 0.15) is 11.6 Å². The van der Waals surface area contributed by atoms with Crippen molar-refractivity contribution in [3.8, 4) is 22.4 Å². The van der Waals surface area contributed by atoms with Crippen LogP contribution in [-0.2, 0) is 7.05 Å². The molecule has 10 heteroatoms. The summed E-state index contributed by atoms with van der Waals surface area (Å²) < 4.78 is 34.7. The Morgan fingerprint density at radius 2 is 1.74 bits per heavy atom. The van der Waals surface area contributed by atoms with Crippen molar-refractivity contribution < 1.29 is 8.78 Å². The molecule has 0 radical (unpaired) electrons. The first-order valence-corrected chi connectivity index (χ1v) is 12.3. The third-order valence-corrected chi connectivity index (χ3v) is 7.01. The Morgan fingerprint density at radius 1 is 0.872 bits per heavy atom. The molecule has 5 aromatic heterocycles.